The van der Waals surface area contributed by atoms with Crippen LogP contribution in [0, 0.1) is 5.82 Å². The molecule has 11 heteroatoms. The summed E-state index contributed by atoms with van der Waals surface area (Å²) < 4.78 is 47.1. The van der Waals surface area contributed by atoms with E-state index < -0.39 is 21.9 Å². The fourth-order valence-electron chi connectivity index (χ4n) is 4.09. The predicted molar refractivity (Wildman–Crippen MR) is 134 cm³/mol. The first-order chi connectivity index (χ1) is 16.9. The number of nitrogens with one attached hydrogen (secondary N) is 2. The molecule has 0 unspecified atom stereocenters. The highest BCUT2D eigenvalue weighted by molar-refractivity contribution is 7.87. The largest absolute Gasteiger partial charge is 0.443 e. The number of ether oxygens (including phenoxy) is 1. The predicted octanol–water partition coefficient (Wildman–Crippen LogP) is 4.23. The smallest absolute Gasteiger partial charge is 0.422 e. The minimum Gasteiger partial charge on any atom is -0.443 e. The maximum atomic E-state index is 14.0. The van der Waals surface area contributed by atoms with Crippen LogP contribution in [0.4, 0.5) is 19.7 Å². The minimum absolute atomic E-state index is 0.109. The van der Waals surface area contributed by atoms with Gasteiger partial charge in [0.15, 0.2) is 0 Å². The van der Waals surface area contributed by atoms with Crippen molar-refractivity contribution in [3.63, 3.8) is 0 Å². The van der Waals surface area contributed by atoms with Gasteiger partial charge in [-0.15, -0.1) is 0 Å². The number of urea groups is 1. The molecule has 2 N–H and O–H groups in total. The van der Waals surface area contributed by atoms with Gasteiger partial charge in [-0.3, -0.25) is 0 Å². The number of hydrogen-bond donors (Lipinski definition) is 2. The SMILES string of the molecule is CC(C)(C)OC(=O)NS(=O)(=O)N1CC=C(c2ccc(NC(=O)N3Cc4cccc(F)c4C3)cc2)CC1. The summed E-state index contributed by atoms with van der Waals surface area (Å²) in [7, 11) is -4.02. The molecule has 0 fully saturated rings. The lowest BCUT2D eigenvalue weighted by atomic mass is 10.0. The molecule has 3 amide bonds. The molecule has 36 heavy (non-hydrogen) atoms. The van der Waals surface area contributed by atoms with E-state index in [0.717, 1.165) is 16.7 Å². The van der Waals surface area contributed by atoms with E-state index in [1.807, 2.05) is 22.9 Å². The number of fused-ring (bicyclic) bond motifs is 1. The molecule has 0 saturated heterocycles. The molecular formula is C25H29FN4O5S. The van der Waals surface area contributed by atoms with E-state index >= 15 is 0 Å². The van der Waals surface area contributed by atoms with Gasteiger partial charge in [-0.25, -0.2) is 18.7 Å². The number of rotatable bonds is 4. The Morgan fingerprint density at radius 1 is 1.06 bits per heavy atom. The van der Waals surface area contributed by atoms with E-state index in [1.54, 1.807) is 49.9 Å². The zero-order chi connectivity index (χ0) is 26.1. The maximum absolute atomic E-state index is 14.0. The van der Waals surface area contributed by atoms with Gasteiger partial charge in [0.2, 0.25) is 0 Å². The zero-order valence-electron chi connectivity index (χ0n) is 20.4. The van der Waals surface area contributed by atoms with Crippen molar-refractivity contribution >= 4 is 33.6 Å². The topological polar surface area (TPSA) is 108 Å². The van der Waals surface area contributed by atoms with Crippen LogP contribution in [0.2, 0.25) is 0 Å². The van der Waals surface area contributed by atoms with Crippen LogP contribution < -0.4 is 10.0 Å². The zero-order valence-corrected chi connectivity index (χ0v) is 21.2. The third-order valence-electron chi connectivity index (χ3n) is 5.84. The fraction of sp³-hybridized carbons (Fsp3) is 0.360. The summed E-state index contributed by atoms with van der Waals surface area (Å²) in [5, 5.41) is 2.83. The van der Waals surface area contributed by atoms with Crippen LogP contribution in [0.5, 0.6) is 0 Å². The fourth-order valence-corrected chi connectivity index (χ4v) is 5.08. The third-order valence-corrected chi connectivity index (χ3v) is 7.28. The highest BCUT2D eigenvalue weighted by Crippen LogP contribution is 2.27. The number of carbonyl (C=O) groups excluding carboxylic acids is 2. The quantitative estimate of drug-likeness (QED) is 0.632. The summed E-state index contributed by atoms with van der Waals surface area (Å²) in [6.07, 6.45) is 1.23. The molecule has 4 rings (SSSR count). The van der Waals surface area contributed by atoms with Crippen LogP contribution in [-0.2, 0) is 28.0 Å². The summed E-state index contributed by atoms with van der Waals surface area (Å²) in [6, 6.07) is 11.8. The first kappa shape index (κ1) is 25.6. The van der Waals surface area contributed by atoms with Crippen molar-refractivity contribution in [2.45, 2.75) is 45.9 Å². The van der Waals surface area contributed by atoms with Crippen molar-refractivity contribution in [3.8, 4) is 0 Å². The summed E-state index contributed by atoms with van der Waals surface area (Å²) in [4.78, 5) is 26.1. The van der Waals surface area contributed by atoms with Gasteiger partial charge in [-0.2, -0.15) is 12.7 Å². The number of halogens is 1. The van der Waals surface area contributed by atoms with Crippen molar-refractivity contribution in [2.75, 3.05) is 18.4 Å². The number of amides is 3. The van der Waals surface area contributed by atoms with E-state index in [9.17, 15) is 22.4 Å². The Kier molecular flexibility index (Phi) is 7.05. The highest BCUT2D eigenvalue weighted by atomic mass is 32.2. The van der Waals surface area contributed by atoms with Crippen LogP contribution in [0.15, 0.2) is 48.5 Å². The number of nitrogens with zero attached hydrogens (tertiary/aromatic N) is 2. The molecule has 2 aromatic carbocycles. The molecule has 0 bridgehead atoms. The molecule has 0 spiro atoms. The molecule has 0 aromatic heterocycles. The molecule has 0 aliphatic carbocycles. The Morgan fingerprint density at radius 2 is 1.78 bits per heavy atom. The lowest BCUT2D eigenvalue weighted by Gasteiger charge is -2.27. The Morgan fingerprint density at radius 3 is 2.39 bits per heavy atom. The van der Waals surface area contributed by atoms with Crippen molar-refractivity contribution in [1.29, 1.82) is 0 Å². The molecule has 2 aliphatic rings. The number of carbonyl (C=O) groups is 2. The lowest BCUT2D eigenvalue weighted by Crippen LogP contribution is -2.46. The minimum atomic E-state index is -4.02. The first-order valence-electron chi connectivity index (χ1n) is 11.5. The molecule has 2 heterocycles. The summed E-state index contributed by atoms with van der Waals surface area (Å²) in [6.45, 7) is 5.84. The summed E-state index contributed by atoms with van der Waals surface area (Å²) >= 11 is 0. The second kappa shape index (κ2) is 9.90. The monoisotopic (exact) mass is 516 g/mol. The molecule has 0 radical (unpaired) electrons. The van der Waals surface area contributed by atoms with Crippen molar-refractivity contribution in [2.24, 2.45) is 0 Å². The van der Waals surface area contributed by atoms with Crippen LogP contribution in [0.3, 0.4) is 0 Å². The Balaban J connectivity index is 1.33. The molecule has 0 atom stereocenters. The van der Waals surface area contributed by atoms with Gasteiger partial charge in [0, 0.05) is 30.9 Å². The van der Waals surface area contributed by atoms with Gasteiger partial charge in [-0.1, -0.05) is 30.3 Å². The number of hydrogen-bond acceptors (Lipinski definition) is 5. The molecule has 0 saturated carbocycles. The van der Waals surface area contributed by atoms with Gasteiger partial charge in [-0.05, 0) is 62.1 Å². The van der Waals surface area contributed by atoms with Crippen LogP contribution >= 0.6 is 0 Å². The molecule has 9 nitrogen and oxygen atoms in total. The van der Waals surface area contributed by atoms with Crippen molar-refractivity contribution in [3.05, 3.63) is 71.0 Å². The van der Waals surface area contributed by atoms with Gasteiger partial charge in [0.25, 0.3) is 0 Å². The lowest BCUT2D eigenvalue weighted by molar-refractivity contribution is 0.0567. The molecule has 2 aromatic rings. The third kappa shape index (κ3) is 6.03. The standard InChI is InChI=1S/C25H29FN4O5S/c1-25(2,3)35-24(32)28-36(33,34)30-13-11-18(12-14-30)17-7-9-20(10-8-17)27-23(31)29-15-19-5-4-6-22(26)21(19)16-29/h4-11H,12-16H2,1-3H3,(H,27,31)(H,28,32). The van der Waals surface area contributed by atoms with Crippen molar-refractivity contribution < 1.29 is 27.1 Å². The van der Waals surface area contributed by atoms with Crippen LogP contribution in [0.1, 0.15) is 43.9 Å². The summed E-state index contributed by atoms with van der Waals surface area (Å²) in [5.41, 5.74) is 3.01. The van der Waals surface area contributed by atoms with Gasteiger partial charge >= 0.3 is 22.3 Å². The Bertz CT molecular complexity index is 1300. The van der Waals surface area contributed by atoms with Gasteiger partial charge in [0.1, 0.15) is 11.4 Å². The molecular weight excluding hydrogens is 487 g/mol. The van der Waals surface area contributed by atoms with E-state index in [2.05, 4.69) is 5.32 Å². The Hall–Kier alpha value is -3.44. The second-order valence-electron chi connectivity index (χ2n) is 9.69. The average molecular weight is 517 g/mol. The molecule has 2 aliphatic heterocycles. The van der Waals surface area contributed by atoms with E-state index in [1.165, 1.54) is 10.4 Å². The molecule has 192 valence electrons. The normalized spacial score (nSPS) is 16.2. The van der Waals surface area contributed by atoms with Crippen LogP contribution in [0.25, 0.3) is 5.57 Å². The number of anilines is 1. The second-order valence-corrected chi connectivity index (χ2v) is 11.4. The van der Waals surface area contributed by atoms with Crippen LogP contribution in [-0.4, -0.2) is 48.4 Å². The van der Waals surface area contributed by atoms with Gasteiger partial charge < -0.3 is 15.0 Å². The van der Waals surface area contributed by atoms with Gasteiger partial charge in [0.05, 0.1) is 6.54 Å². The van der Waals surface area contributed by atoms with E-state index in [4.69, 9.17) is 4.74 Å². The maximum Gasteiger partial charge on any atom is 0.422 e. The first-order valence-corrected chi connectivity index (χ1v) is 13.0. The highest BCUT2D eigenvalue weighted by Gasteiger charge is 2.29. The average Bonchev–Trinajstić information content (AvgIpc) is 3.24. The van der Waals surface area contributed by atoms with E-state index in [-0.39, 0.29) is 31.5 Å². The summed E-state index contributed by atoms with van der Waals surface area (Å²) in [5.74, 6) is -0.306. The Labute approximate surface area is 210 Å². The number of benzene rings is 2. The van der Waals surface area contributed by atoms with E-state index in [0.29, 0.717) is 24.2 Å². The van der Waals surface area contributed by atoms with Crippen molar-refractivity contribution in [1.82, 2.24) is 13.9 Å².